The van der Waals surface area contributed by atoms with Gasteiger partial charge < -0.3 is 4.74 Å². The molecule has 2 heterocycles. The minimum Gasteiger partial charge on any atom is -0.379 e. The molecule has 0 atom stereocenters. The number of pyridine rings is 1. The van der Waals surface area contributed by atoms with Crippen LogP contribution in [0.15, 0.2) is 24.9 Å². The topological polar surface area (TPSA) is 25.4 Å². The van der Waals surface area contributed by atoms with Gasteiger partial charge >= 0.3 is 0 Å². The maximum atomic E-state index is 5.35. The van der Waals surface area contributed by atoms with Crippen LogP contribution in [0, 0.1) is 0 Å². The molecule has 3 heteroatoms. The normalized spacial score (nSPS) is 17.1. The van der Waals surface area contributed by atoms with Crippen LogP contribution in [0.1, 0.15) is 31.0 Å². The molecule has 98 valence electrons. The molecule has 1 fully saturated rings. The van der Waals surface area contributed by atoms with Gasteiger partial charge in [-0.15, -0.1) is 0 Å². The lowest BCUT2D eigenvalue weighted by Gasteiger charge is -2.27. The minimum atomic E-state index is 0.530. The fourth-order valence-electron chi connectivity index (χ4n) is 2.11. The molecule has 0 saturated carbocycles. The Morgan fingerprint density at radius 3 is 2.83 bits per heavy atom. The van der Waals surface area contributed by atoms with E-state index in [9.17, 15) is 0 Å². The van der Waals surface area contributed by atoms with Gasteiger partial charge in [0, 0.05) is 25.8 Å². The summed E-state index contributed by atoms with van der Waals surface area (Å²) in [5.74, 6) is 0.530. The van der Waals surface area contributed by atoms with Gasteiger partial charge in [-0.1, -0.05) is 20.4 Å². The zero-order chi connectivity index (χ0) is 13.0. The third kappa shape index (κ3) is 3.40. The molecule has 0 bridgehead atoms. The van der Waals surface area contributed by atoms with E-state index in [0.29, 0.717) is 5.92 Å². The van der Waals surface area contributed by atoms with Gasteiger partial charge in [0.25, 0.3) is 0 Å². The summed E-state index contributed by atoms with van der Waals surface area (Å²) in [5, 5.41) is 0. The Morgan fingerprint density at radius 2 is 2.17 bits per heavy atom. The molecule has 0 spiro atoms. The molecule has 1 aliphatic heterocycles. The molecule has 0 radical (unpaired) electrons. The van der Waals surface area contributed by atoms with Gasteiger partial charge in [-0.05, 0) is 29.2 Å². The first-order chi connectivity index (χ1) is 8.66. The summed E-state index contributed by atoms with van der Waals surface area (Å²) in [4.78, 5) is 6.80. The highest BCUT2D eigenvalue weighted by Gasteiger charge is 2.13. The van der Waals surface area contributed by atoms with Crippen molar-refractivity contribution in [1.82, 2.24) is 9.88 Å². The van der Waals surface area contributed by atoms with E-state index in [4.69, 9.17) is 4.74 Å². The summed E-state index contributed by atoms with van der Waals surface area (Å²) in [7, 11) is 0. The molecular weight excluding hydrogens is 224 g/mol. The third-order valence-electron chi connectivity index (χ3n) is 3.33. The Morgan fingerprint density at radius 1 is 1.44 bits per heavy atom. The quantitative estimate of drug-likeness (QED) is 0.816. The molecule has 1 aliphatic rings. The Kier molecular flexibility index (Phi) is 4.50. The highest BCUT2D eigenvalue weighted by Crippen LogP contribution is 2.18. The van der Waals surface area contributed by atoms with Crippen LogP contribution in [0.3, 0.4) is 0 Å². The van der Waals surface area contributed by atoms with E-state index in [0.717, 1.165) is 44.1 Å². The standard InChI is InChI=1S/C15H22N2O/c1-12(2)14-4-5-16-15(10-14)13(3)11-17-6-8-18-9-7-17/h4-5,10,12H,3,6-9,11H2,1-2H3. The van der Waals surface area contributed by atoms with Gasteiger partial charge in [0.2, 0.25) is 0 Å². The van der Waals surface area contributed by atoms with Crippen molar-refractivity contribution >= 4 is 5.57 Å². The van der Waals surface area contributed by atoms with Crippen LogP contribution in [-0.4, -0.2) is 42.7 Å². The van der Waals surface area contributed by atoms with Crippen LogP contribution in [-0.2, 0) is 4.74 Å². The monoisotopic (exact) mass is 246 g/mol. The van der Waals surface area contributed by atoms with E-state index >= 15 is 0 Å². The van der Waals surface area contributed by atoms with Crippen LogP contribution in [0.2, 0.25) is 0 Å². The predicted octanol–water partition coefficient (Wildman–Crippen LogP) is 2.55. The largest absolute Gasteiger partial charge is 0.379 e. The van der Waals surface area contributed by atoms with Crippen molar-refractivity contribution in [3.8, 4) is 0 Å². The second-order valence-corrected chi connectivity index (χ2v) is 5.12. The maximum absolute atomic E-state index is 5.35. The molecule has 1 aromatic heterocycles. The fourth-order valence-corrected chi connectivity index (χ4v) is 2.11. The summed E-state index contributed by atoms with van der Waals surface area (Å²) in [6.45, 7) is 13.1. The summed E-state index contributed by atoms with van der Waals surface area (Å²) in [6, 6.07) is 4.24. The number of nitrogens with zero attached hydrogens (tertiary/aromatic N) is 2. The Bertz CT molecular complexity index is 409. The maximum Gasteiger partial charge on any atom is 0.0671 e. The van der Waals surface area contributed by atoms with Crippen LogP contribution in [0.4, 0.5) is 0 Å². The van der Waals surface area contributed by atoms with E-state index in [1.807, 2.05) is 6.20 Å². The SMILES string of the molecule is C=C(CN1CCOCC1)c1cc(C(C)C)ccn1. The van der Waals surface area contributed by atoms with Gasteiger partial charge in [-0.2, -0.15) is 0 Å². The van der Waals surface area contributed by atoms with E-state index in [1.165, 1.54) is 5.56 Å². The van der Waals surface area contributed by atoms with Gasteiger partial charge in [-0.25, -0.2) is 0 Å². The Hall–Kier alpha value is -1.19. The predicted molar refractivity (Wildman–Crippen MR) is 74.6 cm³/mol. The first-order valence-electron chi connectivity index (χ1n) is 6.61. The summed E-state index contributed by atoms with van der Waals surface area (Å²) in [6.07, 6.45) is 1.88. The zero-order valence-corrected chi connectivity index (χ0v) is 11.4. The molecule has 1 saturated heterocycles. The average molecular weight is 246 g/mol. The Labute approximate surface area is 109 Å². The lowest BCUT2D eigenvalue weighted by Crippen LogP contribution is -2.37. The highest BCUT2D eigenvalue weighted by molar-refractivity contribution is 5.62. The fraction of sp³-hybridized carbons (Fsp3) is 0.533. The first-order valence-corrected chi connectivity index (χ1v) is 6.61. The summed E-state index contributed by atoms with van der Waals surface area (Å²) in [5.41, 5.74) is 3.44. The molecule has 2 rings (SSSR count). The van der Waals surface area contributed by atoms with Crippen LogP contribution < -0.4 is 0 Å². The van der Waals surface area contributed by atoms with Crippen molar-refractivity contribution in [2.24, 2.45) is 0 Å². The number of aromatic nitrogens is 1. The number of ether oxygens (including phenoxy) is 1. The van der Waals surface area contributed by atoms with Gasteiger partial charge in [0.05, 0.1) is 18.9 Å². The van der Waals surface area contributed by atoms with Gasteiger partial charge in [0.15, 0.2) is 0 Å². The molecule has 0 aliphatic carbocycles. The minimum absolute atomic E-state index is 0.530. The molecule has 0 unspecified atom stereocenters. The smallest absolute Gasteiger partial charge is 0.0671 e. The molecule has 18 heavy (non-hydrogen) atoms. The zero-order valence-electron chi connectivity index (χ0n) is 11.4. The van der Waals surface area contributed by atoms with Crippen molar-refractivity contribution in [2.45, 2.75) is 19.8 Å². The van der Waals surface area contributed by atoms with Crippen molar-refractivity contribution < 1.29 is 4.74 Å². The summed E-state index contributed by atoms with van der Waals surface area (Å²) < 4.78 is 5.35. The Balaban J connectivity index is 2.01. The van der Waals surface area contributed by atoms with Gasteiger partial charge in [-0.3, -0.25) is 9.88 Å². The summed E-state index contributed by atoms with van der Waals surface area (Å²) >= 11 is 0. The van der Waals surface area contributed by atoms with Crippen molar-refractivity contribution in [1.29, 1.82) is 0 Å². The van der Waals surface area contributed by atoms with E-state index < -0.39 is 0 Å². The molecule has 0 N–H and O–H groups in total. The molecular formula is C15H22N2O. The highest BCUT2D eigenvalue weighted by atomic mass is 16.5. The van der Waals surface area contributed by atoms with Crippen LogP contribution in [0.5, 0.6) is 0 Å². The van der Waals surface area contributed by atoms with E-state index in [1.54, 1.807) is 0 Å². The van der Waals surface area contributed by atoms with Crippen LogP contribution >= 0.6 is 0 Å². The third-order valence-corrected chi connectivity index (χ3v) is 3.33. The second kappa shape index (κ2) is 6.12. The number of hydrogen-bond acceptors (Lipinski definition) is 3. The van der Waals surface area contributed by atoms with Crippen molar-refractivity contribution in [3.63, 3.8) is 0 Å². The van der Waals surface area contributed by atoms with Crippen LogP contribution in [0.25, 0.3) is 5.57 Å². The molecule has 0 amide bonds. The first kappa shape index (κ1) is 13.2. The number of hydrogen-bond donors (Lipinski definition) is 0. The average Bonchev–Trinajstić information content (AvgIpc) is 2.40. The number of rotatable bonds is 4. The molecule has 0 aromatic carbocycles. The lowest BCUT2D eigenvalue weighted by atomic mass is 10.0. The number of morpholine rings is 1. The molecule has 1 aromatic rings. The van der Waals surface area contributed by atoms with Crippen molar-refractivity contribution in [2.75, 3.05) is 32.8 Å². The van der Waals surface area contributed by atoms with Crippen molar-refractivity contribution in [3.05, 3.63) is 36.2 Å². The van der Waals surface area contributed by atoms with Gasteiger partial charge in [0.1, 0.15) is 0 Å². The van der Waals surface area contributed by atoms with E-state index in [2.05, 4.69) is 42.4 Å². The second-order valence-electron chi connectivity index (χ2n) is 5.12. The van der Waals surface area contributed by atoms with E-state index in [-0.39, 0.29) is 0 Å². The molecule has 3 nitrogen and oxygen atoms in total. The lowest BCUT2D eigenvalue weighted by molar-refractivity contribution is 0.0444.